The summed E-state index contributed by atoms with van der Waals surface area (Å²) >= 11 is 0. The highest BCUT2D eigenvalue weighted by Gasteiger charge is 1.98. The Morgan fingerprint density at radius 1 is 0.682 bits per heavy atom. The summed E-state index contributed by atoms with van der Waals surface area (Å²) in [5.41, 5.74) is 2.36. The Kier molecular flexibility index (Phi) is 6.90. The van der Waals surface area contributed by atoms with Crippen LogP contribution in [0.25, 0.3) is 12.2 Å². The molecule has 0 aliphatic carbocycles. The molecule has 0 unspecified atom stereocenters. The Morgan fingerprint density at radius 3 is 1.50 bits per heavy atom. The number of ketones is 1. The molecule has 0 aliphatic heterocycles. The third kappa shape index (κ3) is 6.36. The number of hydrogen-bond donors (Lipinski definition) is 0. The first-order valence-corrected chi connectivity index (χ1v) is 7.79. The number of allylic oxidation sites excluding steroid dienone is 2. The summed E-state index contributed by atoms with van der Waals surface area (Å²) in [5, 5.41) is 0. The quantitative estimate of drug-likeness (QED) is 0.623. The zero-order chi connectivity index (χ0) is 15.5. The maximum Gasteiger partial charge on any atom is 0.133 e. The van der Waals surface area contributed by atoms with Crippen LogP contribution in [0.5, 0.6) is 0 Å². The van der Waals surface area contributed by atoms with Crippen LogP contribution < -0.4 is 0 Å². The standard InChI is InChI=1S/C21H22O/c22-21(17-9-7-15-19-11-3-1-4-12-19)18-10-8-16-20-13-5-2-6-14-20/h1-8,11-16H,9-10,17-18H2/b15-7+,16-8+. The Bertz CT molecular complexity index is 553. The minimum absolute atomic E-state index is 0.329. The van der Waals surface area contributed by atoms with E-state index >= 15 is 0 Å². The van der Waals surface area contributed by atoms with Crippen LogP contribution >= 0.6 is 0 Å². The third-order valence-corrected chi connectivity index (χ3v) is 3.40. The lowest BCUT2D eigenvalue weighted by molar-refractivity contribution is -0.118. The van der Waals surface area contributed by atoms with E-state index < -0.39 is 0 Å². The Labute approximate surface area is 133 Å². The van der Waals surface area contributed by atoms with Crippen molar-refractivity contribution in [3.05, 3.63) is 83.9 Å². The van der Waals surface area contributed by atoms with E-state index in [0.29, 0.717) is 18.6 Å². The summed E-state index contributed by atoms with van der Waals surface area (Å²) in [6, 6.07) is 20.3. The molecule has 0 bridgehead atoms. The van der Waals surface area contributed by atoms with E-state index in [2.05, 4.69) is 48.6 Å². The van der Waals surface area contributed by atoms with Crippen LogP contribution in [0.4, 0.5) is 0 Å². The van der Waals surface area contributed by atoms with E-state index in [-0.39, 0.29) is 0 Å². The van der Waals surface area contributed by atoms with Gasteiger partial charge >= 0.3 is 0 Å². The summed E-state index contributed by atoms with van der Waals surface area (Å²) in [5.74, 6) is 0.329. The van der Waals surface area contributed by atoms with Crippen molar-refractivity contribution in [3.63, 3.8) is 0 Å². The highest BCUT2D eigenvalue weighted by atomic mass is 16.1. The Hall–Kier alpha value is -2.41. The van der Waals surface area contributed by atoms with E-state index in [4.69, 9.17) is 0 Å². The fourth-order valence-electron chi connectivity index (χ4n) is 2.18. The summed E-state index contributed by atoms with van der Waals surface area (Å²) in [6.07, 6.45) is 11.2. The lowest BCUT2D eigenvalue weighted by Gasteiger charge is -1.96. The maximum absolute atomic E-state index is 11.8. The van der Waals surface area contributed by atoms with Crippen molar-refractivity contribution >= 4 is 17.9 Å². The minimum atomic E-state index is 0.329. The molecule has 0 saturated carbocycles. The number of carbonyl (C=O) groups is 1. The van der Waals surface area contributed by atoms with Crippen LogP contribution in [0, 0.1) is 0 Å². The molecule has 2 aromatic rings. The molecule has 0 heterocycles. The van der Waals surface area contributed by atoms with Crippen LogP contribution in [0.2, 0.25) is 0 Å². The minimum Gasteiger partial charge on any atom is -0.300 e. The molecule has 0 saturated heterocycles. The van der Waals surface area contributed by atoms with E-state index in [9.17, 15) is 4.79 Å². The van der Waals surface area contributed by atoms with Crippen LogP contribution in [0.3, 0.4) is 0 Å². The van der Waals surface area contributed by atoms with Crippen molar-refractivity contribution in [3.8, 4) is 0 Å². The monoisotopic (exact) mass is 290 g/mol. The number of carbonyl (C=O) groups excluding carboxylic acids is 1. The zero-order valence-electron chi connectivity index (χ0n) is 12.8. The van der Waals surface area contributed by atoms with Gasteiger partial charge in [0, 0.05) is 12.8 Å². The molecule has 0 fully saturated rings. The Morgan fingerprint density at radius 2 is 1.09 bits per heavy atom. The van der Waals surface area contributed by atoms with Crippen molar-refractivity contribution in [2.24, 2.45) is 0 Å². The first kappa shape index (κ1) is 16.0. The summed E-state index contributed by atoms with van der Waals surface area (Å²) < 4.78 is 0. The van der Waals surface area contributed by atoms with Gasteiger partial charge in [-0.15, -0.1) is 0 Å². The van der Waals surface area contributed by atoms with Crippen molar-refractivity contribution in [2.45, 2.75) is 25.7 Å². The average molecular weight is 290 g/mol. The molecule has 1 heteroatoms. The fourth-order valence-corrected chi connectivity index (χ4v) is 2.18. The average Bonchev–Trinajstić information content (AvgIpc) is 2.57. The van der Waals surface area contributed by atoms with Gasteiger partial charge in [0.15, 0.2) is 0 Å². The molecule has 0 amide bonds. The molecular weight excluding hydrogens is 268 g/mol. The highest BCUT2D eigenvalue weighted by Crippen LogP contribution is 2.07. The van der Waals surface area contributed by atoms with Gasteiger partial charge in [0.2, 0.25) is 0 Å². The highest BCUT2D eigenvalue weighted by molar-refractivity contribution is 5.78. The zero-order valence-corrected chi connectivity index (χ0v) is 12.8. The van der Waals surface area contributed by atoms with Crippen molar-refractivity contribution in [2.75, 3.05) is 0 Å². The second-order valence-corrected chi connectivity index (χ2v) is 5.24. The van der Waals surface area contributed by atoms with Crippen LogP contribution in [-0.4, -0.2) is 5.78 Å². The van der Waals surface area contributed by atoms with E-state index in [0.717, 1.165) is 12.8 Å². The summed E-state index contributed by atoms with van der Waals surface area (Å²) in [4.78, 5) is 11.8. The van der Waals surface area contributed by atoms with Gasteiger partial charge in [-0.3, -0.25) is 4.79 Å². The normalized spacial score (nSPS) is 11.3. The van der Waals surface area contributed by atoms with Gasteiger partial charge in [-0.25, -0.2) is 0 Å². The number of benzene rings is 2. The molecule has 0 radical (unpaired) electrons. The van der Waals surface area contributed by atoms with E-state index in [1.54, 1.807) is 0 Å². The van der Waals surface area contributed by atoms with E-state index in [1.165, 1.54) is 11.1 Å². The summed E-state index contributed by atoms with van der Waals surface area (Å²) in [6.45, 7) is 0. The molecule has 1 nitrogen and oxygen atoms in total. The van der Waals surface area contributed by atoms with Crippen molar-refractivity contribution < 1.29 is 4.79 Å². The van der Waals surface area contributed by atoms with Crippen LogP contribution in [0.1, 0.15) is 36.8 Å². The molecule has 112 valence electrons. The first-order chi connectivity index (χ1) is 10.8. The predicted molar refractivity (Wildman–Crippen MR) is 94.4 cm³/mol. The van der Waals surface area contributed by atoms with Gasteiger partial charge < -0.3 is 0 Å². The van der Waals surface area contributed by atoms with Crippen molar-refractivity contribution in [1.82, 2.24) is 0 Å². The van der Waals surface area contributed by atoms with Gasteiger partial charge in [-0.2, -0.15) is 0 Å². The second-order valence-electron chi connectivity index (χ2n) is 5.24. The molecule has 2 rings (SSSR count). The summed E-state index contributed by atoms with van der Waals surface area (Å²) in [7, 11) is 0. The van der Waals surface area contributed by atoms with Gasteiger partial charge in [-0.1, -0.05) is 85.0 Å². The number of hydrogen-bond acceptors (Lipinski definition) is 1. The predicted octanol–water partition coefficient (Wildman–Crippen LogP) is 5.54. The molecule has 0 atom stereocenters. The fraction of sp³-hybridized carbons (Fsp3) is 0.190. The Balaban J connectivity index is 1.62. The SMILES string of the molecule is O=C(CC/C=C/c1ccccc1)CC/C=C/c1ccccc1. The van der Waals surface area contributed by atoms with Gasteiger partial charge in [0.1, 0.15) is 5.78 Å². The van der Waals surface area contributed by atoms with Crippen LogP contribution in [0.15, 0.2) is 72.8 Å². The molecule has 0 aromatic heterocycles. The van der Waals surface area contributed by atoms with E-state index in [1.807, 2.05) is 36.4 Å². The molecule has 0 aliphatic rings. The maximum atomic E-state index is 11.8. The van der Waals surface area contributed by atoms with Gasteiger partial charge in [0.05, 0.1) is 0 Å². The first-order valence-electron chi connectivity index (χ1n) is 7.79. The lowest BCUT2D eigenvalue weighted by Crippen LogP contribution is -1.95. The molecule has 22 heavy (non-hydrogen) atoms. The third-order valence-electron chi connectivity index (χ3n) is 3.40. The molecule has 0 N–H and O–H groups in total. The number of Topliss-reactive ketones (excluding diaryl/α,β-unsaturated/α-hetero) is 1. The van der Waals surface area contributed by atoms with Crippen LogP contribution in [-0.2, 0) is 4.79 Å². The number of rotatable bonds is 8. The topological polar surface area (TPSA) is 17.1 Å². The lowest BCUT2D eigenvalue weighted by atomic mass is 10.1. The van der Waals surface area contributed by atoms with Gasteiger partial charge in [-0.05, 0) is 24.0 Å². The molecule has 0 spiro atoms. The second kappa shape index (κ2) is 9.51. The molecular formula is C21H22O. The van der Waals surface area contributed by atoms with Gasteiger partial charge in [0.25, 0.3) is 0 Å². The smallest absolute Gasteiger partial charge is 0.133 e. The molecule has 2 aromatic carbocycles. The van der Waals surface area contributed by atoms with Crippen molar-refractivity contribution in [1.29, 1.82) is 0 Å². The largest absolute Gasteiger partial charge is 0.300 e.